The van der Waals surface area contributed by atoms with Crippen molar-refractivity contribution >= 4 is 16.1 Å². The highest BCUT2D eigenvalue weighted by atomic mass is 35.5. The molecule has 0 aliphatic carbocycles. The largest absolute Gasteiger partial charge is 1.00 e. The van der Waals surface area contributed by atoms with E-state index in [9.17, 15) is 0 Å². The van der Waals surface area contributed by atoms with Crippen molar-refractivity contribution < 1.29 is 25.7 Å². The molecule has 0 unspecified atom stereocenters. The molecule has 0 rings (SSSR count). The van der Waals surface area contributed by atoms with Crippen molar-refractivity contribution in [2.75, 3.05) is 44.5 Å². The molecule has 0 N–H and O–H groups in total. The molecule has 0 spiro atoms. The molecular weight excluding hydrogens is 395 g/mol. The number of rotatable bonds is 19. The normalized spacial score (nSPS) is 12.2. The maximum Gasteiger partial charge on any atom is 0.501 e. The molecule has 27 heavy (non-hydrogen) atoms. The van der Waals surface area contributed by atoms with E-state index in [1.807, 2.05) is 0 Å². The van der Waals surface area contributed by atoms with Gasteiger partial charge in [-0.2, -0.15) is 0 Å². The molecule has 6 heteroatoms. The van der Waals surface area contributed by atoms with E-state index in [-0.39, 0.29) is 12.4 Å². The van der Waals surface area contributed by atoms with E-state index in [0.29, 0.717) is 19.8 Å². The summed E-state index contributed by atoms with van der Waals surface area (Å²) >= 11 is 0. The molecule has 3 nitrogen and oxygen atoms in total. The van der Waals surface area contributed by atoms with Crippen LogP contribution in [0.15, 0.2) is 0 Å². The summed E-state index contributed by atoms with van der Waals surface area (Å²) in [5, 5.41) is 0. The molecule has 0 radical (unpaired) electrons. The van der Waals surface area contributed by atoms with Crippen LogP contribution in [0.3, 0.4) is 0 Å². The lowest BCUT2D eigenvalue weighted by Crippen LogP contribution is -3.00. The van der Waals surface area contributed by atoms with E-state index in [4.69, 9.17) is 13.3 Å². The third kappa shape index (κ3) is 12.9. The second-order valence-corrected chi connectivity index (χ2v) is 14.6. The topological polar surface area (TPSA) is 27.7 Å². The first-order valence-electron chi connectivity index (χ1n) is 11.3. The van der Waals surface area contributed by atoms with Gasteiger partial charge in [0.2, 0.25) is 0 Å². The first-order chi connectivity index (χ1) is 12.6. The maximum atomic E-state index is 6.08. The van der Waals surface area contributed by atoms with Crippen molar-refractivity contribution in [1.29, 1.82) is 0 Å². The van der Waals surface area contributed by atoms with Crippen molar-refractivity contribution in [3.8, 4) is 0 Å². The maximum absolute atomic E-state index is 6.08. The van der Waals surface area contributed by atoms with E-state index in [1.54, 1.807) is 0 Å². The summed E-state index contributed by atoms with van der Waals surface area (Å²) in [6.45, 7) is 15.3. The monoisotopic (exact) mass is 442 g/mol. The summed E-state index contributed by atoms with van der Waals surface area (Å²) in [5.74, 6) is 0. The van der Waals surface area contributed by atoms with Crippen LogP contribution in [0, 0.1) is 0 Å². The third-order valence-corrected chi connectivity index (χ3v) is 13.4. The first kappa shape index (κ1) is 30.0. The lowest BCUT2D eigenvalue weighted by molar-refractivity contribution is -0.0000172. The molecule has 0 aliphatic heterocycles. The van der Waals surface area contributed by atoms with E-state index in [0.717, 1.165) is 6.04 Å². The van der Waals surface area contributed by atoms with E-state index >= 15 is 0 Å². The molecule has 0 aromatic rings. The Labute approximate surface area is 178 Å². The Morgan fingerprint density at radius 2 is 0.889 bits per heavy atom. The highest BCUT2D eigenvalue weighted by Crippen LogP contribution is 2.61. The van der Waals surface area contributed by atoms with Gasteiger partial charge in [-0.15, -0.1) is 0 Å². The molecule has 0 saturated heterocycles. The molecule has 0 atom stereocenters. The Hall–Kier alpha value is 0.817. The van der Waals surface area contributed by atoms with Gasteiger partial charge in [-0.25, -0.2) is 0 Å². The van der Waals surface area contributed by atoms with Gasteiger partial charge in [0.25, 0.3) is 0 Å². The lowest BCUT2D eigenvalue weighted by Gasteiger charge is -2.31. The number of halogens is 1. The summed E-state index contributed by atoms with van der Waals surface area (Å²) < 4.78 is 18.2. The van der Waals surface area contributed by atoms with E-state index < -0.39 is 16.1 Å². The fraction of sp³-hybridized carbons (Fsp3) is 1.00. The Balaban J connectivity index is 0. The predicted molar refractivity (Wildman–Crippen MR) is 121 cm³/mol. The quantitative estimate of drug-likeness (QED) is 0.224. The summed E-state index contributed by atoms with van der Waals surface area (Å²) in [4.78, 5) is 0. The van der Waals surface area contributed by atoms with Crippen molar-refractivity contribution in [3.63, 3.8) is 0 Å². The molecule has 0 fully saturated rings. The van der Waals surface area contributed by atoms with Crippen LogP contribution in [0.4, 0.5) is 0 Å². The first-order valence-corrected chi connectivity index (χ1v) is 15.8. The van der Waals surface area contributed by atoms with Gasteiger partial charge in [0.1, 0.15) is 0 Å². The Kier molecular flexibility index (Phi) is 20.9. The van der Waals surface area contributed by atoms with Crippen LogP contribution in [-0.2, 0) is 13.3 Å². The van der Waals surface area contributed by atoms with E-state index in [1.165, 1.54) is 69.6 Å². The standard InChI is InChI=1S/C21H48O3PSi.ClH/c1-7-13-17-25(18-14-8-2,19-15-9-3)20-16-21-26(22-10-4,23-11-5)24-12-6;/h7-21H2,1-6H3;1H/q+1;/p-1. The van der Waals surface area contributed by atoms with Gasteiger partial charge in [0, 0.05) is 33.1 Å². The summed E-state index contributed by atoms with van der Waals surface area (Å²) in [6.07, 6.45) is 15.3. The van der Waals surface area contributed by atoms with Crippen LogP contribution in [-0.4, -0.2) is 53.3 Å². The van der Waals surface area contributed by atoms with Crippen molar-refractivity contribution in [2.24, 2.45) is 0 Å². The molecule has 0 heterocycles. The third-order valence-electron chi connectivity index (χ3n) is 5.17. The smallest absolute Gasteiger partial charge is 0.501 e. The fourth-order valence-electron chi connectivity index (χ4n) is 3.78. The van der Waals surface area contributed by atoms with Gasteiger partial charge in [-0.1, -0.05) is 40.0 Å². The average Bonchev–Trinajstić information content (AvgIpc) is 2.63. The number of hydrogen-bond acceptors (Lipinski definition) is 3. The van der Waals surface area contributed by atoms with Gasteiger partial charge < -0.3 is 25.7 Å². The molecule has 0 amide bonds. The van der Waals surface area contributed by atoms with Crippen LogP contribution < -0.4 is 12.4 Å². The van der Waals surface area contributed by atoms with Crippen LogP contribution in [0.1, 0.15) is 86.5 Å². The zero-order chi connectivity index (χ0) is 19.7. The minimum Gasteiger partial charge on any atom is -1.00 e. The highest BCUT2D eigenvalue weighted by molar-refractivity contribution is 7.75. The molecule has 0 bridgehead atoms. The molecule has 0 saturated carbocycles. The van der Waals surface area contributed by atoms with Crippen LogP contribution in [0.25, 0.3) is 0 Å². The Morgan fingerprint density at radius 3 is 1.19 bits per heavy atom. The van der Waals surface area contributed by atoms with Crippen LogP contribution >= 0.6 is 7.26 Å². The van der Waals surface area contributed by atoms with E-state index in [2.05, 4.69) is 41.5 Å². The van der Waals surface area contributed by atoms with Gasteiger partial charge in [-0.05, 0) is 46.5 Å². The number of unbranched alkanes of at least 4 members (excludes halogenated alkanes) is 3. The summed E-state index contributed by atoms with van der Waals surface area (Å²) in [6, 6.07) is 0.995. The zero-order valence-corrected chi connectivity index (χ0v) is 21.8. The summed E-state index contributed by atoms with van der Waals surface area (Å²) in [5.41, 5.74) is 0. The molecule has 0 aromatic heterocycles. The van der Waals surface area contributed by atoms with Crippen LogP contribution in [0.2, 0.25) is 6.04 Å². The second kappa shape index (κ2) is 18.8. The van der Waals surface area contributed by atoms with Crippen LogP contribution in [0.5, 0.6) is 0 Å². The van der Waals surface area contributed by atoms with Crippen molar-refractivity contribution in [2.45, 2.75) is 92.5 Å². The molecule has 166 valence electrons. The molecule has 0 aromatic carbocycles. The van der Waals surface area contributed by atoms with Crippen molar-refractivity contribution in [3.05, 3.63) is 0 Å². The Morgan fingerprint density at radius 1 is 0.556 bits per heavy atom. The fourth-order valence-corrected chi connectivity index (χ4v) is 11.8. The molecule has 0 aliphatic rings. The van der Waals surface area contributed by atoms with Crippen molar-refractivity contribution in [1.82, 2.24) is 0 Å². The lowest BCUT2D eigenvalue weighted by atomic mass is 10.4. The second-order valence-electron chi connectivity index (χ2n) is 7.38. The minimum absolute atomic E-state index is 0. The zero-order valence-electron chi connectivity index (χ0n) is 19.2. The van der Waals surface area contributed by atoms with Gasteiger partial charge in [0.15, 0.2) is 0 Å². The highest BCUT2D eigenvalue weighted by Gasteiger charge is 2.42. The minimum atomic E-state index is -2.47. The molecular formula is C21H48ClO3PSi. The van der Waals surface area contributed by atoms with Gasteiger partial charge >= 0.3 is 8.80 Å². The van der Waals surface area contributed by atoms with Gasteiger partial charge in [-0.3, -0.25) is 0 Å². The Bertz CT molecular complexity index is 283. The summed E-state index contributed by atoms with van der Waals surface area (Å²) in [7, 11) is -3.30. The number of hydrogen-bond donors (Lipinski definition) is 0. The van der Waals surface area contributed by atoms with Gasteiger partial charge in [0.05, 0.1) is 24.6 Å². The SMILES string of the molecule is CCCC[P+](CCCC)(CCCC)CCC[Si](OCC)(OCC)OCC.[Cl-]. The average molecular weight is 443 g/mol. The predicted octanol–water partition coefficient (Wildman–Crippen LogP) is 3.85.